The number of rotatable bonds is 3. The van der Waals surface area contributed by atoms with Crippen LogP contribution >= 0.6 is 0 Å². The van der Waals surface area contributed by atoms with E-state index in [1.54, 1.807) is 0 Å². The van der Waals surface area contributed by atoms with Gasteiger partial charge in [0.05, 0.1) is 12.3 Å². The highest BCUT2D eigenvalue weighted by Gasteiger charge is 2.12. The first kappa shape index (κ1) is 11.6. The van der Waals surface area contributed by atoms with Crippen molar-refractivity contribution in [2.75, 3.05) is 33.2 Å². The second kappa shape index (κ2) is 4.96. The van der Waals surface area contributed by atoms with Gasteiger partial charge in [0.25, 0.3) is 0 Å². The van der Waals surface area contributed by atoms with Crippen LogP contribution in [-0.4, -0.2) is 54.3 Å². The quantitative estimate of drug-likeness (QED) is 0.441. The molecule has 1 saturated heterocycles. The fourth-order valence-electron chi connectivity index (χ4n) is 1.56. The van der Waals surface area contributed by atoms with Crippen LogP contribution in [0, 0.1) is 10.1 Å². The number of hydrazone groups is 1. The Morgan fingerprint density at radius 2 is 2.12 bits per heavy atom. The van der Waals surface area contributed by atoms with Crippen LogP contribution in [0.2, 0.25) is 0 Å². The molecule has 1 aliphatic rings. The van der Waals surface area contributed by atoms with E-state index in [9.17, 15) is 10.1 Å². The minimum atomic E-state index is -0.562. The van der Waals surface area contributed by atoms with Crippen LogP contribution in [0.1, 0.15) is 5.76 Å². The lowest BCUT2D eigenvalue weighted by Gasteiger charge is -2.30. The fourth-order valence-corrected chi connectivity index (χ4v) is 1.56. The molecular weight excluding hydrogens is 224 g/mol. The number of likely N-dealkylation sites (N-methyl/N-ethyl adjacent to an activating group) is 1. The van der Waals surface area contributed by atoms with Crippen molar-refractivity contribution in [1.29, 1.82) is 0 Å². The van der Waals surface area contributed by atoms with Gasteiger partial charge < -0.3 is 9.32 Å². The maximum absolute atomic E-state index is 10.4. The highest BCUT2D eigenvalue weighted by atomic mass is 16.6. The SMILES string of the molecule is CN1CCN(N=Cc2ccc([N+](=O)[O-])o2)CC1. The van der Waals surface area contributed by atoms with E-state index in [4.69, 9.17) is 4.42 Å². The van der Waals surface area contributed by atoms with Crippen molar-refractivity contribution in [3.63, 3.8) is 0 Å². The molecule has 0 unspecified atom stereocenters. The first-order valence-corrected chi connectivity index (χ1v) is 5.37. The molecule has 7 nitrogen and oxygen atoms in total. The molecule has 1 aromatic heterocycles. The van der Waals surface area contributed by atoms with E-state index in [0.717, 1.165) is 26.2 Å². The van der Waals surface area contributed by atoms with Gasteiger partial charge in [0, 0.05) is 26.2 Å². The van der Waals surface area contributed by atoms with Crippen molar-refractivity contribution in [1.82, 2.24) is 9.91 Å². The van der Waals surface area contributed by atoms with E-state index in [2.05, 4.69) is 17.0 Å². The Labute approximate surface area is 98.4 Å². The largest absolute Gasteiger partial charge is 0.433 e. The molecule has 2 heterocycles. The molecule has 0 bridgehead atoms. The van der Waals surface area contributed by atoms with Crippen molar-refractivity contribution in [3.05, 3.63) is 28.0 Å². The predicted molar refractivity (Wildman–Crippen MR) is 62.0 cm³/mol. The van der Waals surface area contributed by atoms with E-state index in [1.807, 2.05) is 5.01 Å². The second-order valence-corrected chi connectivity index (χ2v) is 3.93. The maximum Gasteiger partial charge on any atom is 0.433 e. The van der Waals surface area contributed by atoms with Gasteiger partial charge in [-0.25, -0.2) is 0 Å². The van der Waals surface area contributed by atoms with Crippen LogP contribution in [-0.2, 0) is 0 Å². The molecule has 2 rings (SSSR count). The Morgan fingerprint density at radius 1 is 1.41 bits per heavy atom. The molecular formula is C10H14N4O3. The van der Waals surface area contributed by atoms with Crippen LogP contribution in [0.25, 0.3) is 0 Å². The maximum atomic E-state index is 10.4. The van der Waals surface area contributed by atoms with E-state index >= 15 is 0 Å². The summed E-state index contributed by atoms with van der Waals surface area (Å²) in [5, 5.41) is 16.6. The number of piperazine rings is 1. The molecule has 0 atom stereocenters. The second-order valence-electron chi connectivity index (χ2n) is 3.93. The van der Waals surface area contributed by atoms with Gasteiger partial charge in [-0.3, -0.25) is 15.1 Å². The van der Waals surface area contributed by atoms with Crippen molar-refractivity contribution >= 4 is 12.1 Å². The highest BCUT2D eigenvalue weighted by molar-refractivity contribution is 5.75. The lowest BCUT2D eigenvalue weighted by molar-refractivity contribution is -0.402. The van der Waals surface area contributed by atoms with Crippen molar-refractivity contribution in [3.8, 4) is 0 Å². The summed E-state index contributed by atoms with van der Waals surface area (Å²) in [7, 11) is 2.07. The standard InChI is InChI=1S/C10H14N4O3/c1-12-4-6-13(7-5-12)11-8-9-2-3-10(17-9)14(15)16/h2-3,8H,4-7H2,1H3. The molecule has 0 spiro atoms. The summed E-state index contributed by atoms with van der Waals surface area (Å²) in [6.07, 6.45) is 1.51. The number of hydrogen-bond donors (Lipinski definition) is 0. The molecule has 0 saturated carbocycles. The zero-order valence-electron chi connectivity index (χ0n) is 9.57. The lowest BCUT2D eigenvalue weighted by atomic mass is 10.4. The Hall–Kier alpha value is -1.89. The molecule has 0 amide bonds. The Kier molecular flexibility index (Phi) is 3.38. The monoisotopic (exact) mass is 238 g/mol. The third kappa shape index (κ3) is 3.04. The van der Waals surface area contributed by atoms with Crippen molar-refractivity contribution in [2.24, 2.45) is 5.10 Å². The topological polar surface area (TPSA) is 75.1 Å². The van der Waals surface area contributed by atoms with Gasteiger partial charge in [-0.2, -0.15) is 5.10 Å². The van der Waals surface area contributed by atoms with Gasteiger partial charge in [0.1, 0.15) is 4.92 Å². The summed E-state index contributed by atoms with van der Waals surface area (Å²) >= 11 is 0. The third-order valence-corrected chi connectivity index (χ3v) is 2.62. The molecule has 1 fully saturated rings. The van der Waals surface area contributed by atoms with Gasteiger partial charge >= 0.3 is 5.88 Å². The van der Waals surface area contributed by atoms with E-state index in [0.29, 0.717) is 5.76 Å². The minimum Gasteiger partial charge on any atom is -0.400 e. The van der Waals surface area contributed by atoms with E-state index in [1.165, 1.54) is 18.3 Å². The summed E-state index contributed by atoms with van der Waals surface area (Å²) in [6.45, 7) is 3.65. The molecule has 0 N–H and O–H groups in total. The van der Waals surface area contributed by atoms with E-state index < -0.39 is 4.92 Å². The number of nitro groups is 1. The van der Waals surface area contributed by atoms with Crippen LogP contribution in [0.5, 0.6) is 0 Å². The van der Waals surface area contributed by atoms with Crippen LogP contribution in [0.4, 0.5) is 5.88 Å². The Morgan fingerprint density at radius 3 is 2.71 bits per heavy atom. The minimum absolute atomic E-state index is 0.259. The number of nitrogens with zero attached hydrogens (tertiary/aromatic N) is 4. The molecule has 1 aromatic rings. The molecule has 0 aliphatic carbocycles. The number of hydrogen-bond acceptors (Lipinski definition) is 6. The van der Waals surface area contributed by atoms with Gasteiger partial charge in [0.2, 0.25) is 0 Å². The van der Waals surface area contributed by atoms with Crippen LogP contribution in [0.3, 0.4) is 0 Å². The normalized spacial score (nSPS) is 17.8. The summed E-state index contributed by atoms with van der Waals surface area (Å²) in [5.41, 5.74) is 0. The van der Waals surface area contributed by atoms with Gasteiger partial charge in [-0.1, -0.05) is 0 Å². The fraction of sp³-hybridized carbons (Fsp3) is 0.500. The smallest absolute Gasteiger partial charge is 0.400 e. The van der Waals surface area contributed by atoms with Crippen molar-refractivity contribution in [2.45, 2.75) is 0 Å². The Balaban J connectivity index is 1.93. The summed E-state index contributed by atoms with van der Waals surface area (Å²) in [5.74, 6) is 0.139. The molecule has 17 heavy (non-hydrogen) atoms. The molecule has 1 aliphatic heterocycles. The zero-order valence-corrected chi connectivity index (χ0v) is 9.57. The first-order valence-electron chi connectivity index (χ1n) is 5.37. The summed E-state index contributed by atoms with van der Waals surface area (Å²) in [4.78, 5) is 12.1. The average molecular weight is 238 g/mol. The average Bonchev–Trinajstić information content (AvgIpc) is 2.77. The molecule has 0 aromatic carbocycles. The molecule has 0 radical (unpaired) electrons. The number of furan rings is 1. The molecule has 7 heteroatoms. The highest BCUT2D eigenvalue weighted by Crippen LogP contribution is 2.14. The molecule has 92 valence electrons. The van der Waals surface area contributed by atoms with Crippen molar-refractivity contribution < 1.29 is 9.34 Å². The van der Waals surface area contributed by atoms with Gasteiger partial charge in [0.15, 0.2) is 5.76 Å². The summed E-state index contributed by atoms with van der Waals surface area (Å²) in [6, 6.07) is 2.86. The predicted octanol–water partition coefficient (Wildman–Crippen LogP) is 0.769. The van der Waals surface area contributed by atoms with E-state index in [-0.39, 0.29) is 5.88 Å². The zero-order chi connectivity index (χ0) is 12.3. The lowest BCUT2D eigenvalue weighted by Crippen LogP contribution is -2.41. The summed E-state index contributed by atoms with van der Waals surface area (Å²) < 4.78 is 4.97. The van der Waals surface area contributed by atoms with Gasteiger partial charge in [-0.15, -0.1) is 0 Å². The first-order chi connectivity index (χ1) is 8.15. The van der Waals surface area contributed by atoms with Gasteiger partial charge in [-0.05, 0) is 13.1 Å². The Bertz CT molecular complexity index is 421. The van der Waals surface area contributed by atoms with Crippen LogP contribution < -0.4 is 0 Å². The third-order valence-electron chi connectivity index (χ3n) is 2.62. The van der Waals surface area contributed by atoms with Crippen LogP contribution in [0.15, 0.2) is 21.7 Å².